The molecule has 2 unspecified atom stereocenters. The number of likely N-dealkylation sites (tertiary alicyclic amines) is 1. The third-order valence-corrected chi connectivity index (χ3v) is 4.38. The molecule has 2 aliphatic heterocycles. The van der Waals surface area contributed by atoms with Gasteiger partial charge in [-0.3, -0.25) is 4.79 Å². The van der Waals surface area contributed by atoms with E-state index in [0.29, 0.717) is 18.0 Å². The van der Waals surface area contributed by atoms with Gasteiger partial charge in [-0.25, -0.2) is 0 Å². The van der Waals surface area contributed by atoms with Crippen molar-refractivity contribution < 1.29 is 4.79 Å². The molecule has 0 saturated carbocycles. The van der Waals surface area contributed by atoms with Crippen LogP contribution in [-0.2, 0) is 4.79 Å². The number of hydrogen-bond acceptors (Lipinski definition) is 3. The molecule has 0 aromatic heterocycles. The number of carbonyl (C=O) groups excluding carboxylic acids is 1. The molecule has 2 saturated heterocycles. The Morgan fingerprint density at radius 3 is 2.67 bits per heavy atom. The van der Waals surface area contributed by atoms with Crippen LogP contribution in [0.15, 0.2) is 0 Å². The molecule has 0 aromatic carbocycles. The predicted molar refractivity (Wildman–Crippen MR) is 73.5 cm³/mol. The van der Waals surface area contributed by atoms with Crippen LogP contribution in [0.2, 0.25) is 0 Å². The van der Waals surface area contributed by atoms with Gasteiger partial charge in [0.25, 0.3) is 0 Å². The van der Waals surface area contributed by atoms with E-state index in [1.165, 1.54) is 0 Å². The fraction of sp³-hybridized carbons (Fsp3) is 0.929. The number of carbonyl (C=O) groups is 1. The first-order valence-corrected chi connectivity index (χ1v) is 7.45. The van der Waals surface area contributed by atoms with E-state index in [2.05, 4.69) is 29.4 Å². The molecule has 0 aliphatic carbocycles. The van der Waals surface area contributed by atoms with Gasteiger partial charge in [0.15, 0.2) is 0 Å². The molecular formula is C14H27N3O. The zero-order valence-electron chi connectivity index (χ0n) is 11.7. The third kappa shape index (κ3) is 3.69. The Kier molecular flexibility index (Phi) is 5.01. The summed E-state index contributed by atoms with van der Waals surface area (Å²) in [5, 5.41) is 6.66. The summed E-state index contributed by atoms with van der Waals surface area (Å²) in [6, 6.07) is 0.891. The Labute approximate surface area is 110 Å². The van der Waals surface area contributed by atoms with Crippen LogP contribution in [0.4, 0.5) is 0 Å². The molecule has 2 N–H and O–H groups in total. The highest BCUT2D eigenvalue weighted by atomic mass is 16.1. The second-order valence-corrected chi connectivity index (χ2v) is 5.79. The summed E-state index contributed by atoms with van der Waals surface area (Å²) in [7, 11) is 0. The van der Waals surface area contributed by atoms with Crippen LogP contribution in [-0.4, -0.2) is 49.1 Å². The minimum atomic E-state index is 0.227. The van der Waals surface area contributed by atoms with Crippen molar-refractivity contribution in [3.8, 4) is 0 Å². The number of hydrogen-bond donors (Lipinski definition) is 2. The second kappa shape index (κ2) is 6.53. The molecule has 2 aliphatic rings. The highest BCUT2D eigenvalue weighted by molar-refractivity contribution is 5.79. The number of piperidine rings is 2. The van der Waals surface area contributed by atoms with Gasteiger partial charge >= 0.3 is 0 Å². The molecule has 0 aromatic rings. The van der Waals surface area contributed by atoms with Gasteiger partial charge < -0.3 is 15.5 Å². The molecule has 0 spiro atoms. The summed E-state index contributed by atoms with van der Waals surface area (Å²) in [4.78, 5) is 14.7. The maximum atomic E-state index is 12.2. The average Bonchev–Trinajstić information content (AvgIpc) is 2.39. The van der Waals surface area contributed by atoms with Gasteiger partial charge in [0.05, 0.1) is 0 Å². The SMILES string of the molecule is CCN1CCC(NC(=O)C2CCNC(C)C2)CC1. The molecule has 2 fully saturated rings. The Hall–Kier alpha value is -0.610. The van der Waals surface area contributed by atoms with Crippen LogP contribution >= 0.6 is 0 Å². The van der Waals surface area contributed by atoms with Gasteiger partial charge in [-0.15, -0.1) is 0 Å². The van der Waals surface area contributed by atoms with Crippen molar-refractivity contribution in [2.24, 2.45) is 5.92 Å². The molecule has 0 bridgehead atoms. The maximum Gasteiger partial charge on any atom is 0.223 e. The summed E-state index contributed by atoms with van der Waals surface area (Å²) < 4.78 is 0. The average molecular weight is 253 g/mol. The largest absolute Gasteiger partial charge is 0.353 e. The van der Waals surface area contributed by atoms with Crippen molar-refractivity contribution in [2.75, 3.05) is 26.2 Å². The van der Waals surface area contributed by atoms with Crippen LogP contribution in [0.1, 0.15) is 39.5 Å². The second-order valence-electron chi connectivity index (χ2n) is 5.79. The van der Waals surface area contributed by atoms with Gasteiger partial charge in [-0.1, -0.05) is 6.92 Å². The van der Waals surface area contributed by atoms with Crippen LogP contribution < -0.4 is 10.6 Å². The molecule has 2 heterocycles. The molecule has 4 nitrogen and oxygen atoms in total. The van der Waals surface area contributed by atoms with Crippen LogP contribution in [0.5, 0.6) is 0 Å². The van der Waals surface area contributed by atoms with Gasteiger partial charge in [-0.2, -0.15) is 0 Å². The van der Waals surface area contributed by atoms with Gasteiger partial charge in [0.1, 0.15) is 0 Å². The lowest BCUT2D eigenvalue weighted by Crippen LogP contribution is -2.48. The monoisotopic (exact) mass is 253 g/mol. The Balaban J connectivity index is 1.74. The zero-order valence-corrected chi connectivity index (χ0v) is 11.7. The summed E-state index contributed by atoms with van der Waals surface area (Å²) in [5.41, 5.74) is 0. The van der Waals surface area contributed by atoms with Crippen molar-refractivity contribution in [1.29, 1.82) is 0 Å². The molecule has 4 heteroatoms. The highest BCUT2D eigenvalue weighted by Crippen LogP contribution is 2.17. The van der Waals surface area contributed by atoms with Crippen LogP contribution in [0, 0.1) is 5.92 Å². The number of rotatable bonds is 3. The minimum Gasteiger partial charge on any atom is -0.353 e. The van der Waals surface area contributed by atoms with E-state index in [4.69, 9.17) is 0 Å². The van der Waals surface area contributed by atoms with Crippen molar-refractivity contribution in [3.63, 3.8) is 0 Å². The lowest BCUT2D eigenvalue weighted by molar-refractivity contribution is -0.127. The van der Waals surface area contributed by atoms with Crippen LogP contribution in [0.25, 0.3) is 0 Å². The van der Waals surface area contributed by atoms with E-state index < -0.39 is 0 Å². The van der Waals surface area contributed by atoms with Gasteiger partial charge in [0, 0.05) is 31.1 Å². The molecular weight excluding hydrogens is 226 g/mol. The first-order chi connectivity index (χ1) is 8.69. The standard InChI is InChI=1S/C14H27N3O/c1-3-17-8-5-13(6-9-17)16-14(18)12-4-7-15-11(2)10-12/h11-13,15H,3-10H2,1-2H3,(H,16,18). The highest BCUT2D eigenvalue weighted by Gasteiger charge is 2.27. The third-order valence-electron chi connectivity index (χ3n) is 4.38. The van der Waals surface area contributed by atoms with E-state index in [0.717, 1.165) is 51.9 Å². The van der Waals surface area contributed by atoms with Gasteiger partial charge in [0.2, 0.25) is 5.91 Å². The molecule has 1 amide bonds. The lowest BCUT2D eigenvalue weighted by atomic mass is 9.92. The van der Waals surface area contributed by atoms with Crippen molar-refractivity contribution >= 4 is 5.91 Å². The first-order valence-electron chi connectivity index (χ1n) is 7.45. The molecule has 0 radical (unpaired) electrons. The van der Waals surface area contributed by atoms with Crippen molar-refractivity contribution in [1.82, 2.24) is 15.5 Å². The quantitative estimate of drug-likeness (QED) is 0.788. The zero-order chi connectivity index (χ0) is 13.0. The van der Waals surface area contributed by atoms with E-state index in [1.54, 1.807) is 0 Å². The first kappa shape index (κ1) is 13.8. The van der Waals surface area contributed by atoms with Crippen molar-refractivity contribution in [2.45, 2.75) is 51.6 Å². The van der Waals surface area contributed by atoms with E-state index >= 15 is 0 Å². The summed E-state index contributed by atoms with van der Waals surface area (Å²) in [6.45, 7) is 8.74. The predicted octanol–water partition coefficient (Wildman–Crippen LogP) is 0.975. The molecule has 18 heavy (non-hydrogen) atoms. The van der Waals surface area contributed by atoms with E-state index in [9.17, 15) is 4.79 Å². The van der Waals surface area contributed by atoms with Gasteiger partial charge in [-0.05, 0) is 45.7 Å². The maximum absolute atomic E-state index is 12.2. The number of nitrogens with one attached hydrogen (secondary N) is 2. The smallest absolute Gasteiger partial charge is 0.223 e. The normalized spacial score (nSPS) is 31.2. The van der Waals surface area contributed by atoms with E-state index in [1.807, 2.05) is 0 Å². The Morgan fingerprint density at radius 2 is 2.06 bits per heavy atom. The fourth-order valence-electron chi connectivity index (χ4n) is 3.08. The topological polar surface area (TPSA) is 44.4 Å². The lowest BCUT2D eigenvalue weighted by Gasteiger charge is -2.33. The number of nitrogens with zero attached hydrogens (tertiary/aromatic N) is 1. The molecule has 2 atom stereocenters. The number of amides is 1. The molecule has 104 valence electrons. The Morgan fingerprint density at radius 1 is 1.33 bits per heavy atom. The van der Waals surface area contributed by atoms with Crippen molar-refractivity contribution in [3.05, 3.63) is 0 Å². The summed E-state index contributed by atoms with van der Waals surface area (Å²) in [6.07, 6.45) is 4.20. The Bertz CT molecular complexity index is 274. The molecule has 2 rings (SSSR count). The van der Waals surface area contributed by atoms with Crippen LogP contribution in [0.3, 0.4) is 0 Å². The summed E-state index contributed by atoms with van der Waals surface area (Å²) >= 11 is 0. The van der Waals surface area contributed by atoms with E-state index in [-0.39, 0.29) is 5.92 Å². The fourth-order valence-corrected chi connectivity index (χ4v) is 3.08. The minimum absolute atomic E-state index is 0.227. The summed E-state index contributed by atoms with van der Waals surface area (Å²) in [5.74, 6) is 0.517.